The van der Waals surface area contributed by atoms with E-state index >= 15 is 0 Å². The Balaban J connectivity index is 2.09. The Kier molecular flexibility index (Phi) is 3.64. The fourth-order valence-electron chi connectivity index (χ4n) is 2.09. The van der Waals surface area contributed by atoms with E-state index in [4.69, 9.17) is 17.3 Å². The maximum absolute atomic E-state index is 13.5. The van der Waals surface area contributed by atoms with Crippen molar-refractivity contribution in [1.29, 1.82) is 0 Å². The molecule has 1 aliphatic rings. The molecule has 1 saturated carbocycles. The van der Waals surface area contributed by atoms with Gasteiger partial charge in [-0.25, -0.2) is 4.39 Å². The summed E-state index contributed by atoms with van der Waals surface area (Å²) in [6, 6.07) is 3.92. The molecular weight excluding hydrogens is 243 g/mol. The molecule has 17 heavy (non-hydrogen) atoms. The van der Waals surface area contributed by atoms with Gasteiger partial charge in [-0.1, -0.05) is 11.6 Å². The number of halogens is 2. The number of carbonyl (C=O) groups excluding carboxylic acids is 1. The largest absolute Gasteiger partial charge is 0.348 e. The molecule has 1 amide bonds. The minimum atomic E-state index is -0.610. The molecule has 0 heterocycles. The van der Waals surface area contributed by atoms with Crippen LogP contribution in [0.3, 0.4) is 0 Å². The third-order valence-electron chi connectivity index (χ3n) is 3.06. The number of amides is 1. The second kappa shape index (κ2) is 5.02. The van der Waals surface area contributed by atoms with Crippen molar-refractivity contribution < 1.29 is 9.18 Å². The maximum Gasteiger partial charge on any atom is 0.254 e. The average molecular weight is 257 g/mol. The predicted octanol–water partition coefficient (Wildman–Crippen LogP) is 2.09. The molecule has 92 valence electrons. The summed E-state index contributed by atoms with van der Waals surface area (Å²) >= 11 is 5.62. The zero-order valence-electron chi connectivity index (χ0n) is 9.25. The number of carbonyl (C=O) groups is 1. The van der Waals surface area contributed by atoms with Gasteiger partial charge in [0, 0.05) is 17.1 Å². The van der Waals surface area contributed by atoms with E-state index in [2.05, 4.69) is 5.32 Å². The molecule has 1 aromatic carbocycles. The van der Waals surface area contributed by atoms with E-state index in [0.29, 0.717) is 0 Å². The van der Waals surface area contributed by atoms with Crippen LogP contribution in [-0.2, 0) is 0 Å². The third-order valence-corrected chi connectivity index (χ3v) is 3.30. The van der Waals surface area contributed by atoms with Crippen molar-refractivity contribution in [2.75, 3.05) is 0 Å². The molecule has 0 aromatic heterocycles. The van der Waals surface area contributed by atoms with Gasteiger partial charge in [0.2, 0.25) is 0 Å². The first-order chi connectivity index (χ1) is 8.08. The van der Waals surface area contributed by atoms with Crippen LogP contribution >= 0.6 is 11.6 Å². The number of nitrogens with two attached hydrogens (primary N) is 1. The van der Waals surface area contributed by atoms with Crippen molar-refractivity contribution in [3.63, 3.8) is 0 Å². The Bertz CT molecular complexity index is 439. The molecule has 1 fully saturated rings. The summed E-state index contributed by atoms with van der Waals surface area (Å²) in [6.07, 6.45) is 2.74. The molecule has 0 radical (unpaired) electrons. The molecule has 2 atom stereocenters. The van der Waals surface area contributed by atoms with Gasteiger partial charge in [0.1, 0.15) is 5.82 Å². The van der Waals surface area contributed by atoms with Gasteiger partial charge in [-0.2, -0.15) is 0 Å². The van der Waals surface area contributed by atoms with E-state index in [1.807, 2.05) is 0 Å². The first kappa shape index (κ1) is 12.3. The maximum atomic E-state index is 13.5. The fourth-order valence-corrected chi connectivity index (χ4v) is 2.25. The lowest BCUT2D eigenvalue weighted by Gasteiger charge is -2.17. The van der Waals surface area contributed by atoms with Gasteiger partial charge >= 0.3 is 0 Å². The summed E-state index contributed by atoms with van der Waals surface area (Å²) in [5, 5.41) is 3.03. The summed E-state index contributed by atoms with van der Waals surface area (Å²) in [7, 11) is 0. The molecule has 1 aromatic rings. The monoisotopic (exact) mass is 256 g/mol. The molecule has 0 aliphatic heterocycles. The smallest absolute Gasteiger partial charge is 0.254 e. The van der Waals surface area contributed by atoms with E-state index < -0.39 is 11.7 Å². The number of benzene rings is 1. The fraction of sp³-hybridized carbons (Fsp3) is 0.417. The first-order valence-corrected chi connectivity index (χ1v) is 5.97. The highest BCUT2D eigenvalue weighted by Gasteiger charge is 2.26. The SMILES string of the molecule is NC1CCCC1NC(=O)c1ccc(Cl)cc1F. The topological polar surface area (TPSA) is 55.1 Å². The summed E-state index contributed by atoms with van der Waals surface area (Å²) in [6.45, 7) is 0. The quantitative estimate of drug-likeness (QED) is 0.851. The lowest BCUT2D eigenvalue weighted by atomic mass is 10.1. The molecule has 0 saturated heterocycles. The standard InChI is InChI=1S/C12H14ClFN2O/c13-7-4-5-8(9(14)6-7)12(17)16-11-3-1-2-10(11)15/h4-6,10-11H,1-3,15H2,(H,16,17). The van der Waals surface area contributed by atoms with Gasteiger partial charge in [0.05, 0.1) is 5.56 Å². The van der Waals surface area contributed by atoms with Gasteiger partial charge in [-0.15, -0.1) is 0 Å². The molecule has 2 rings (SSSR count). The molecule has 3 nitrogen and oxygen atoms in total. The van der Waals surface area contributed by atoms with Crippen molar-refractivity contribution in [2.45, 2.75) is 31.3 Å². The minimum absolute atomic E-state index is 0.00787. The molecule has 0 bridgehead atoms. The Labute approximate surface area is 104 Å². The summed E-state index contributed by atoms with van der Waals surface area (Å²) in [5.41, 5.74) is 5.85. The van der Waals surface area contributed by atoms with Gasteiger partial charge in [-0.3, -0.25) is 4.79 Å². The van der Waals surface area contributed by atoms with Crippen LogP contribution in [0, 0.1) is 5.82 Å². The zero-order valence-corrected chi connectivity index (χ0v) is 10.0. The van der Waals surface area contributed by atoms with E-state index in [1.165, 1.54) is 12.1 Å². The molecule has 0 spiro atoms. The number of nitrogens with one attached hydrogen (secondary N) is 1. The number of rotatable bonds is 2. The van der Waals surface area contributed by atoms with Gasteiger partial charge in [0.15, 0.2) is 0 Å². The Morgan fingerprint density at radius 2 is 2.24 bits per heavy atom. The van der Waals surface area contributed by atoms with E-state index in [9.17, 15) is 9.18 Å². The Hall–Kier alpha value is -1.13. The molecule has 1 aliphatic carbocycles. The van der Waals surface area contributed by atoms with Gasteiger partial charge in [0.25, 0.3) is 5.91 Å². The van der Waals surface area contributed by atoms with Crippen LogP contribution in [0.2, 0.25) is 5.02 Å². The summed E-state index contributed by atoms with van der Waals surface area (Å²) in [4.78, 5) is 11.8. The summed E-state index contributed by atoms with van der Waals surface area (Å²) < 4.78 is 13.5. The molecule has 5 heteroatoms. The molecular formula is C12H14ClFN2O. The van der Waals surface area contributed by atoms with Crippen molar-refractivity contribution in [1.82, 2.24) is 5.32 Å². The van der Waals surface area contributed by atoms with Crippen LogP contribution in [0.25, 0.3) is 0 Å². The first-order valence-electron chi connectivity index (χ1n) is 5.59. The Morgan fingerprint density at radius 1 is 1.47 bits per heavy atom. The normalized spacial score (nSPS) is 23.7. The number of hydrogen-bond acceptors (Lipinski definition) is 2. The third kappa shape index (κ3) is 2.76. The van der Waals surface area contributed by atoms with E-state index in [-0.39, 0.29) is 22.7 Å². The second-order valence-corrected chi connectivity index (χ2v) is 4.74. The number of hydrogen-bond donors (Lipinski definition) is 2. The lowest BCUT2D eigenvalue weighted by molar-refractivity contribution is 0.0930. The van der Waals surface area contributed by atoms with Crippen molar-refractivity contribution >= 4 is 17.5 Å². The van der Waals surface area contributed by atoms with E-state index in [0.717, 1.165) is 25.3 Å². The van der Waals surface area contributed by atoms with Crippen LogP contribution in [0.1, 0.15) is 29.6 Å². The highest BCUT2D eigenvalue weighted by Crippen LogP contribution is 2.19. The molecule has 2 unspecified atom stereocenters. The highest BCUT2D eigenvalue weighted by atomic mass is 35.5. The second-order valence-electron chi connectivity index (χ2n) is 4.30. The minimum Gasteiger partial charge on any atom is -0.348 e. The van der Waals surface area contributed by atoms with Crippen LogP contribution in [0.15, 0.2) is 18.2 Å². The predicted molar refractivity (Wildman–Crippen MR) is 64.5 cm³/mol. The lowest BCUT2D eigenvalue weighted by Crippen LogP contribution is -2.44. The average Bonchev–Trinajstić information content (AvgIpc) is 2.64. The highest BCUT2D eigenvalue weighted by molar-refractivity contribution is 6.30. The summed E-state index contributed by atoms with van der Waals surface area (Å²) in [5.74, 6) is -1.04. The van der Waals surface area contributed by atoms with Crippen molar-refractivity contribution in [3.8, 4) is 0 Å². The molecule has 3 N–H and O–H groups in total. The van der Waals surface area contributed by atoms with E-state index in [1.54, 1.807) is 0 Å². The van der Waals surface area contributed by atoms with Crippen molar-refractivity contribution in [3.05, 3.63) is 34.6 Å². The van der Waals surface area contributed by atoms with Crippen LogP contribution in [0.5, 0.6) is 0 Å². The zero-order chi connectivity index (χ0) is 12.4. The van der Waals surface area contributed by atoms with Gasteiger partial charge in [-0.05, 0) is 37.5 Å². The van der Waals surface area contributed by atoms with Crippen molar-refractivity contribution in [2.24, 2.45) is 5.73 Å². The van der Waals surface area contributed by atoms with Gasteiger partial charge < -0.3 is 11.1 Å². The Morgan fingerprint density at radius 3 is 2.82 bits per heavy atom. The van der Waals surface area contributed by atoms with Crippen LogP contribution in [-0.4, -0.2) is 18.0 Å². The van der Waals surface area contributed by atoms with Crippen LogP contribution in [0.4, 0.5) is 4.39 Å². The van der Waals surface area contributed by atoms with Crippen LogP contribution < -0.4 is 11.1 Å².